The SMILES string of the molecule is CN=C(NCc1cccc(OC)c1)NCC1CCN(c2cccc(OC)c2)C1. The number of aliphatic imine (C=N–C) groups is 1. The van der Waals surface area contributed by atoms with Gasteiger partial charge in [-0.15, -0.1) is 0 Å². The predicted octanol–water partition coefficient (Wildman–Crippen LogP) is 2.90. The summed E-state index contributed by atoms with van der Waals surface area (Å²) >= 11 is 0. The van der Waals surface area contributed by atoms with Crippen molar-refractivity contribution in [2.75, 3.05) is 45.8 Å². The maximum atomic E-state index is 5.34. The molecule has 1 aliphatic heterocycles. The minimum absolute atomic E-state index is 0.585. The first kappa shape index (κ1) is 19.9. The topological polar surface area (TPSA) is 58.1 Å². The van der Waals surface area contributed by atoms with Gasteiger partial charge < -0.3 is 25.0 Å². The van der Waals surface area contributed by atoms with Crippen molar-refractivity contribution in [1.82, 2.24) is 10.6 Å². The summed E-state index contributed by atoms with van der Waals surface area (Å²) in [5, 5.41) is 6.83. The molecule has 1 saturated heterocycles. The second-order valence-corrected chi connectivity index (χ2v) is 6.96. The van der Waals surface area contributed by atoms with E-state index in [0.29, 0.717) is 12.5 Å². The van der Waals surface area contributed by atoms with Gasteiger partial charge in [0.2, 0.25) is 0 Å². The fourth-order valence-electron chi connectivity index (χ4n) is 3.47. The summed E-state index contributed by atoms with van der Waals surface area (Å²) in [5.74, 6) is 3.18. The van der Waals surface area contributed by atoms with Gasteiger partial charge in [-0.25, -0.2) is 0 Å². The normalized spacial score (nSPS) is 16.8. The third kappa shape index (κ3) is 5.31. The highest BCUT2D eigenvalue weighted by Gasteiger charge is 2.23. The number of ether oxygens (including phenoxy) is 2. The average molecular weight is 383 g/mol. The van der Waals surface area contributed by atoms with Gasteiger partial charge in [-0.2, -0.15) is 0 Å². The molecule has 6 nitrogen and oxygen atoms in total. The smallest absolute Gasteiger partial charge is 0.191 e. The van der Waals surface area contributed by atoms with E-state index in [-0.39, 0.29) is 0 Å². The van der Waals surface area contributed by atoms with E-state index in [4.69, 9.17) is 9.47 Å². The summed E-state index contributed by atoms with van der Waals surface area (Å²) in [6, 6.07) is 16.3. The molecule has 1 fully saturated rings. The van der Waals surface area contributed by atoms with Gasteiger partial charge in [0.1, 0.15) is 11.5 Å². The first-order valence-corrected chi connectivity index (χ1v) is 9.68. The van der Waals surface area contributed by atoms with Gasteiger partial charge in [-0.05, 0) is 42.2 Å². The predicted molar refractivity (Wildman–Crippen MR) is 115 cm³/mol. The lowest BCUT2D eigenvalue weighted by molar-refractivity contribution is 0.414. The van der Waals surface area contributed by atoms with Gasteiger partial charge in [-0.1, -0.05) is 18.2 Å². The molecule has 0 amide bonds. The Labute approximate surface area is 167 Å². The molecule has 150 valence electrons. The van der Waals surface area contributed by atoms with Gasteiger partial charge in [0, 0.05) is 45.0 Å². The number of guanidine groups is 1. The van der Waals surface area contributed by atoms with E-state index in [1.54, 1.807) is 21.3 Å². The molecule has 0 spiro atoms. The first-order valence-electron chi connectivity index (χ1n) is 9.68. The molecule has 1 heterocycles. The molecule has 0 saturated carbocycles. The molecule has 0 aliphatic carbocycles. The maximum absolute atomic E-state index is 5.34. The number of hydrogen-bond acceptors (Lipinski definition) is 4. The number of benzene rings is 2. The van der Waals surface area contributed by atoms with Crippen molar-refractivity contribution in [3.05, 3.63) is 54.1 Å². The third-order valence-corrected chi connectivity index (χ3v) is 5.08. The second kappa shape index (κ2) is 9.88. The Hall–Kier alpha value is -2.89. The van der Waals surface area contributed by atoms with Crippen molar-refractivity contribution in [3.63, 3.8) is 0 Å². The maximum Gasteiger partial charge on any atom is 0.191 e. The Morgan fingerprint density at radius 1 is 1.07 bits per heavy atom. The number of hydrogen-bond donors (Lipinski definition) is 2. The second-order valence-electron chi connectivity index (χ2n) is 6.96. The van der Waals surface area contributed by atoms with Crippen LogP contribution in [-0.2, 0) is 6.54 Å². The summed E-state index contributed by atoms with van der Waals surface area (Å²) in [5.41, 5.74) is 2.38. The Morgan fingerprint density at radius 3 is 2.57 bits per heavy atom. The van der Waals surface area contributed by atoms with E-state index in [0.717, 1.165) is 49.1 Å². The summed E-state index contributed by atoms with van der Waals surface area (Å²) in [6.07, 6.45) is 1.16. The van der Waals surface area contributed by atoms with Crippen molar-refractivity contribution >= 4 is 11.6 Å². The van der Waals surface area contributed by atoms with Crippen LogP contribution in [0.25, 0.3) is 0 Å². The zero-order valence-electron chi connectivity index (χ0n) is 16.9. The molecule has 2 aromatic carbocycles. The van der Waals surface area contributed by atoms with Crippen molar-refractivity contribution in [3.8, 4) is 11.5 Å². The molecule has 0 radical (unpaired) electrons. The molecule has 2 N–H and O–H groups in total. The summed E-state index contributed by atoms with van der Waals surface area (Å²) in [6.45, 7) is 3.71. The van der Waals surface area contributed by atoms with Crippen molar-refractivity contribution in [1.29, 1.82) is 0 Å². The monoisotopic (exact) mass is 382 g/mol. The van der Waals surface area contributed by atoms with Crippen LogP contribution < -0.4 is 25.0 Å². The van der Waals surface area contributed by atoms with Crippen LogP contribution in [0.1, 0.15) is 12.0 Å². The Kier molecular flexibility index (Phi) is 7.00. The van der Waals surface area contributed by atoms with Gasteiger partial charge >= 0.3 is 0 Å². The van der Waals surface area contributed by atoms with Crippen LogP contribution in [-0.4, -0.2) is 46.9 Å². The Morgan fingerprint density at radius 2 is 1.82 bits per heavy atom. The fourth-order valence-corrected chi connectivity index (χ4v) is 3.47. The molecular weight excluding hydrogens is 352 g/mol. The largest absolute Gasteiger partial charge is 0.497 e. The fraction of sp³-hybridized carbons (Fsp3) is 0.409. The molecule has 6 heteroatoms. The van der Waals surface area contributed by atoms with E-state index in [2.05, 4.69) is 38.7 Å². The number of nitrogens with zero attached hydrogens (tertiary/aromatic N) is 2. The Bertz CT molecular complexity index is 794. The molecule has 2 aromatic rings. The summed E-state index contributed by atoms with van der Waals surface area (Å²) in [7, 11) is 5.20. The number of rotatable bonds is 7. The lowest BCUT2D eigenvalue weighted by Gasteiger charge is -2.20. The molecule has 3 rings (SSSR count). The molecule has 1 atom stereocenters. The van der Waals surface area contributed by atoms with Gasteiger partial charge in [0.25, 0.3) is 0 Å². The summed E-state index contributed by atoms with van der Waals surface area (Å²) < 4.78 is 10.6. The van der Waals surface area contributed by atoms with Crippen molar-refractivity contribution in [2.24, 2.45) is 10.9 Å². The molecule has 1 aliphatic rings. The van der Waals surface area contributed by atoms with Gasteiger partial charge in [0.05, 0.1) is 14.2 Å². The third-order valence-electron chi connectivity index (χ3n) is 5.08. The van der Waals surface area contributed by atoms with Crippen LogP contribution in [0.15, 0.2) is 53.5 Å². The van der Waals surface area contributed by atoms with Crippen LogP contribution in [0.5, 0.6) is 11.5 Å². The van der Waals surface area contributed by atoms with Gasteiger partial charge in [-0.3, -0.25) is 4.99 Å². The molecule has 0 aromatic heterocycles. The van der Waals surface area contributed by atoms with Crippen LogP contribution >= 0.6 is 0 Å². The average Bonchev–Trinajstić information content (AvgIpc) is 3.23. The quantitative estimate of drug-likeness (QED) is 0.570. The zero-order valence-corrected chi connectivity index (χ0v) is 16.9. The molecule has 0 bridgehead atoms. The lowest BCUT2D eigenvalue weighted by atomic mass is 10.1. The van der Waals surface area contributed by atoms with Crippen LogP contribution in [0, 0.1) is 5.92 Å². The highest BCUT2D eigenvalue weighted by atomic mass is 16.5. The standard InChI is InChI=1S/C22H30N4O2/c1-23-22(24-14-17-6-4-8-20(12-17)27-2)25-15-18-10-11-26(16-18)19-7-5-9-21(13-19)28-3/h4-9,12-13,18H,10-11,14-16H2,1-3H3,(H2,23,24,25). The molecule has 1 unspecified atom stereocenters. The number of methoxy groups -OCH3 is 2. The van der Waals surface area contributed by atoms with Crippen molar-refractivity contribution in [2.45, 2.75) is 13.0 Å². The number of nitrogens with one attached hydrogen (secondary N) is 2. The van der Waals surface area contributed by atoms with Crippen LogP contribution in [0.2, 0.25) is 0 Å². The van der Waals surface area contributed by atoms with E-state index in [1.807, 2.05) is 30.3 Å². The van der Waals surface area contributed by atoms with Crippen LogP contribution in [0.4, 0.5) is 5.69 Å². The lowest BCUT2D eigenvalue weighted by Crippen LogP contribution is -2.39. The van der Waals surface area contributed by atoms with Gasteiger partial charge in [0.15, 0.2) is 5.96 Å². The minimum atomic E-state index is 0.585. The zero-order chi connectivity index (χ0) is 19.8. The van der Waals surface area contributed by atoms with E-state index in [1.165, 1.54) is 5.69 Å². The summed E-state index contributed by atoms with van der Waals surface area (Å²) in [4.78, 5) is 6.76. The highest BCUT2D eigenvalue weighted by Crippen LogP contribution is 2.26. The van der Waals surface area contributed by atoms with Crippen LogP contribution in [0.3, 0.4) is 0 Å². The Balaban J connectivity index is 1.46. The van der Waals surface area contributed by atoms with E-state index < -0.39 is 0 Å². The molecular formula is C22H30N4O2. The van der Waals surface area contributed by atoms with E-state index >= 15 is 0 Å². The van der Waals surface area contributed by atoms with E-state index in [9.17, 15) is 0 Å². The minimum Gasteiger partial charge on any atom is -0.497 e. The van der Waals surface area contributed by atoms with Crippen molar-refractivity contribution < 1.29 is 9.47 Å². The first-order chi connectivity index (χ1) is 13.7. The number of anilines is 1. The highest BCUT2D eigenvalue weighted by molar-refractivity contribution is 5.79. The molecule has 28 heavy (non-hydrogen) atoms.